The molecule has 0 aliphatic rings. The second-order valence-corrected chi connectivity index (χ2v) is 4.79. The van der Waals surface area contributed by atoms with Crippen molar-refractivity contribution in [2.45, 2.75) is 13.0 Å². The van der Waals surface area contributed by atoms with E-state index in [9.17, 15) is 0 Å². The molecule has 0 bridgehead atoms. The predicted molar refractivity (Wildman–Crippen MR) is 76.3 cm³/mol. The third-order valence-corrected chi connectivity index (χ3v) is 2.99. The largest absolute Gasteiger partial charge is 0.366 e. The summed E-state index contributed by atoms with van der Waals surface area (Å²) in [5.74, 6) is 1.61. The van der Waals surface area contributed by atoms with Gasteiger partial charge in [0.1, 0.15) is 11.6 Å². The van der Waals surface area contributed by atoms with Gasteiger partial charge in [0, 0.05) is 23.6 Å². The zero-order valence-corrected chi connectivity index (χ0v) is 11.5. The molecule has 2 rings (SSSR count). The first kappa shape index (κ1) is 13.0. The predicted octanol–water partition coefficient (Wildman–Crippen LogP) is 2.35. The molecular formula is C13H15BrN4. The number of nitrogens with zero attached hydrogens (tertiary/aromatic N) is 2. The Bertz CT molecular complexity index is 499. The van der Waals surface area contributed by atoms with Gasteiger partial charge in [-0.1, -0.05) is 28.1 Å². The molecule has 94 valence electrons. The summed E-state index contributed by atoms with van der Waals surface area (Å²) in [6, 6.07) is 10.0. The number of anilines is 1. The van der Waals surface area contributed by atoms with Gasteiger partial charge in [0.15, 0.2) is 0 Å². The van der Waals surface area contributed by atoms with Crippen molar-refractivity contribution in [1.82, 2.24) is 9.97 Å². The van der Waals surface area contributed by atoms with Crippen molar-refractivity contribution in [3.05, 3.63) is 52.4 Å². The summed E-state index contributed by atoms with van der Waals surface area (Å²) in [5, 5.41) is 3.27. The van der Waals surface area contributed by atoms with Gasteiger partial charge >= 0.3 is 0 Å². The fourth-order valence-corrected chi connectivity index (χ4v) is 1.81. The van der Waals surface area contributed by atoms with E-state index in [1.165, 1.54) is 5.56 Å². The van der Waals surface area contributed by atoms with Crippen LogP contribution >= 0.6 is 15.9 Å². The second-order valence-electron chi connectivity index (χ2n) is 3.88. The van der Waals surface area contributed by atoms with E-state index in [4.69, 9.17) is 5.73 Å². The van der Waals surface area contributed by atoms with Crippen molar-refractivity contribution in [2.75, 3.05) is 11.9 Å². The molecule has 0 fully saturated rings. The molecule has 3 N–H and O–H groups in total. The van der Waals surface area contributed by atoms with E-state index in [2.05, 4.69) is 43.3 Å². The van der Waals surface area contributed by atoms with Crippen LogP contribution in [0, 0.1) is 0 Å². The zero-order valence-electron chi connectivity index (χ0n) is 9.94. The van der Waals surface area contributed by atoms with Crippen LogP contribution in [0.15, 0.2) is 41.0 Å². The first-order chi connectivity index (χ1) is 8.78. The van der Waals surface area contributed by atoms with Crippen molar-refractivity contribution in [1.29, 1.82) is 0 Å². The van der Waals surface area contributed by atoms with E-state index >= 15 is 0 Å². The van der Waals surface area contributed by atoms with Crippen LogP contribution in [0.4, 0.5) is 5.82 Å². The lowest BCUT2D eigenvalue weighted by Gasteiger charge is -2.06. The summed E-state index contributed by atoms with van der Waals surface area (Å²) in [6.07, 6.45) is 2.45. The first-order valence-corrected chi connectivity index (χ1v) is 6.57. The summed E-state index contributed by atoms with van der Waals surface area (Å²) in [4.78, 5) is 8.54. The van der Waals surface area contributed by atoms with E-state index in [0.29, 0.717) is 13.0 Å². The monoisotopic (exact) mass is 306 g/mol. The average molecular weight is 307 g/mol. The van der Waals surface area contributed by atoms with Crippen LogP contribution in [-0.2, 0) is 13.0 Å². The average Bonchev–Trinajstić information content (AvgIpc) is 2.39. The molecule has 0 aliphatic heterocycles. The molecule has 0 saturated carbocycles. The normalized spacial score (nSPS) is 10.3. The third-order valence-electron chi connectivity index (χ3n) is 2.46. The highest BCUT2D eigenvalue weighted by molar-refractivity contribution is 9.10. The Morgan fingerprint density at radius 1 is 1.17 bits per heavy atom. The molecule has 0 unspecified atom stereocenters. The van der Waals surface area contributed by atoms with E-state index in [0.717, 1.165) is 22.7 Å². The minimum absolute atomic E-state index is 0.566. The van der Waals surface area contributed by atoms with E-state index in [-0.39, 0.29) is 0 Å². The summed E-state index contributed by atoms with van der Waals surface area (Å²) >= 11 is 3.42. The van der Waals surface area contributed by atoms with Crippen molar-refractivity contribution < 1.29 is 0 Å². The molecule has 5 heteroatoms. The molecular weight excluding hydrogens is 292 g/mol. The van der Waals surface area contributed by atoms with Crippen molar-refractivity contribution >= 4 is 21.7 Å². The molecule has 0 amide bonds. The number of hydrogen-bond donors (Lipinski definition) is 2. The maximum Gasteiger partial charge on any atom is 0.131 e. The number of aromatic nitrogens is 2. The second kappa shape index (κ2) is 6.47. The highest BCUT2D eigenvalue weighted by Crippen LogP contribution is 2.12. The van der Waals surface area contributed by atoms with Crippen LogP contribution in [0.25, 0.3) is 0 Å². The molecule has 2 aromatic rings. The van der Waals surface area contributed by atoms with Gasteiger partial charge in [-0.05, 0) is 30.3 Å². The Hall–Kier alpha value is -1.46. The fraction of sp³-hybridized carbons (Fsp3) is 0.231. The third kappa shape index (κ3) is 3.78. The minimum Gasteiger partial charge on any atom is -0.366 e. The number of hydrogen-bond acceptors (Lipinski definition) is 4. The molecule has 4 nitrogen and oxygen atoms in total. The lowest BCUT2D eigenvalue weighted by atomic mass is 10.2. The van der Waals surface area contributed by atoms with Crippen LogP contribution in [-0.4, -0.2) is 16.5 Å². The number of benzene rings is 1. The van der Waals surface area contributed by atoms with Crippen molar-refractivity contribution in [3.63, 3.8) is 0 Å². The van der Waals surface area contributed by atoms with Gasteiger partial charge in [0.05, 0.1) is 0 Å². The zero-order chi connectivity index (χ0) is 12.8. The molecule has 0 spiro atoms. The van der Waals surface area contributed by atoms with Crippen molar-refractivity contribution in [3.8, 4) is 0 Å². The number of halogens is 1. The Kier molecular flexibility index (Phi) is 4.66. The van der Waals surface area contributed by atoms with Crippen molar-refractivity contribution in [2.24, 2.45) is 5.73 Å². The molecule has 1 aromatic carbocycles. The lowest BCUT2D eigenvalue weighted by molar-refractivity contribution is 0.865. The molecule has 0 radical (unpaired) electrons. The van der Waals surface area contributed by atoms with Gasteiger partial charge in [-0.2, -0.15) is 0 Å². The van der Waals surface area contributed by atoms with Gasteiger partial charge in [0.2, 0.25) is 0 Å². The Balaban J connectivity index is 1.97. The quantitative estimate of drug-likeness (QED) is 0.890. The maximum absolute atomic E-state index is 5.48. The van der Waals surface area contributed by atoms with Gasteiger partial charge in [0.25, 0.3) is 0 Å². The van der Waals surface area contributed by atoms with Crippen LogP contribution in [0.5, 0.6) is 0 Å². The standard InChI is InChI=1S/C13H15BrN4/c14-11-3-1-10(2-4-11)9-17-13-6-8-16-12(18-13)5-7-15/h1-4,6,8H,5,7,9,15H2,(H,16,17,18). The fourth-order valence-electron chi connectivity index (χ4n) is 1.54. The van der Waals surface area contributed by atoms with E-state index < -0.39 is 0 Å². The summed E-state index contributed by atoms with van der Waals surface area (Å²) in [7, 11) is 0. The highest BCUT2D eigenvalue weighted by atomic mass is 79.9. The highest BCUT2D eigenvalue weighted by Gasteiger charge is 1.99. The number of rotatable bonds is 5. The Morgan fingerprint density at radius 3 is 2.67 bits per heavy atom. The van der Waals surface area contributed by atoms with Gasteiger partial charge in [-0.15, -0.1) is 0 Å². The first-order valence-electron chi connectivity index (χ1n) is 5.78. The lowest BCUT2D eigenvalue weighted by Crippen LogP contribution is -2.08. The molecule has 0 saturated heterocycles. The molecule has 1 heterocycles. The summed E-state index contributed by atoms with van der Waals surface area (Å²) in [5.41, 5.74) is 6.69. The molecule has 1 aromatic heterocycles. The molecule has 0 atom stereocenters. The topological polar surface area (TPSA) is 63.8 Å². The Morgan fingerprint density at radius 2 is 1.94 bits per heavy atom. The van der Waals surface area contributed by atoms with E-state index in [1.54, 1.807) is 6.20 Å². The van der Waals surface area contributed by atoms with E-state index in [1.807, 2.05) is 18.2 Å². The minimum atomic E-state index is 0.566. The Labute approximate surface area is 115 Å². The molecule has 0 aliphatic carbocycles. The SMILES string of the molecule is NCCc1nccc(NCc2ccc(Br)cc2)n1. The van der Waals surface area contributed by atoms with Gasteiger partial charge in [-0.3, -0.25) is 0 Å². The van der Waals surface area contributed by atoms with Crippen LogP contribution < -0.4 is 11.1 Å². The van der Waals surface area contributed by atoms with Crippen LogP contribution in [0.3, 0.4) is 0 Å². The summed E-state index contributed by atoms with van der Waals surface area (Å²) in [6.45, 7) is 1.31. The van der Waals surface area contributed by atoms with Crippen LogP contribution in [0.1, 0.15) is 11.4 Å². The smallest absolute Gasteiger partial charge is 0.131 e. The summed E-state index contributed by atoms with van der Waals surface area (Å²) < 4.78 is 1.08. The number of nitrogens with one attached hydrogen (secondary N) is 1. The van der Waals surface area contributed by atoms with Gasteiger partial charge < -0.3 is 11.1 Å². The van der Waals surface area contributed by atoms with Gasteiger partial charge in [-0.25, -0.2) is 9.97 Å². The van der Waals surface area contributed by atoms with Crippen LogP contribution in [0.2, 0.25) is 0 Å². The molecule has 18 heavy (non-hydrogen) atoms. The maximum atomic E-state index is 5.48. The number of nitrogens with two attached hydrogens (primary N) is 1.